The molecule has 1 aromatic heterocycles. The highest BCUT2D eigenvalue weighted by Gasteiger charge is 2.24. The van der Waals surface area contributed by atoms with Crippen LogP contribution in [0.3, 0.4) is 0 Å². The maximum absolute atomic E-state index is 2.38. The second-order valence-electron chi connectivity index (χ2n) is 7.18. The average molecular weight is 418 g/mol. The van der Waals surface area contributed by atoms with Gasteiger partial charge in [0.05, 0.1) is 8.47 Å². The van der Waals surface area contributed by atoms with Gasteiger partial charge in [-0.3, -0.25) is 0 Å². The zero-order valence-electron chi connectivity index (χ0n) is 15.0. The van der Waals surface area contributed by atoms with Crippen LogP contribution in [0.1, 0.15) is 62.8 Å². The first-order valence-corrected chi connectivity index (χ1v) is 12.8. The Kier molecular flexibility index (Phi) is 5.16. The smallest absolute Gasteiger partial charge is 0.0513 e. The van der Waals surface area contributed by atoms with E-state index in [9.17, 15) is 0 Å². The Labute approximate surface area is 173 Å². The number of hydrogen-bond acceptors (Lipinski definition) is 4. The van der Waals surface area contributed by atoms with Gasteiger partial charge in [-0.15, -0.1) is 0 Å². The van der Waals surface area contributed by atoms with Crippen LogP contribution < -0.4 is 0 Å². The summed E-state index contributed by atoms with van der Waals surface area (Å²) in [6, 6.07) is 4.55. The molecular formula is C21H23NS4. The van der Waals surface area contributed by atoms with E-state index in [1.165, 1.54) is 71.2 Å². The van der Waals surface area contributed by atoms with Crippen molar-refractivity contribution in [3.05, 3.63) is 51.6 Å². The van der Waals surface area contributed by atoms with Crippen LogP contribution in [0.5, 0.6) is 0 Å². The van der Waals surface area contributed by atoms with E-state index < -0.39 is 0 Å². The first-order chi connectivity index (χ1) is 12.8. The van der Waals surface area contributed by atoms with Crippen LogP contribution in [0.4, 0.5) is 0 Å². The van der Waals surface area contributed by atoms with Crippen molar-refractivity contribution < 1.29 is 0 Å². The van der Waals surface area contributed by atoms with E-state index in [4.69, 9.17) is 0 Å². The third-order valence-electron chi connectivity index (χ3n) is 5.36. The van der Waals surface area contributed by atoms with Gasteiger partial charge in [0.25, 0.3) is 0 Å². The summed E-state index contributed by atoms with van der Waals surface area (Å²) in [6.07, 6.45) is 15.4. The largest absolute Gasteiger partial charge is 0.345 e. The van der Waals surface area contributed by atoms with Crippen LogP contribution in [0.25, 0.3) is 12.2 Å². The standard InChI is InChI=1S/C21H23NS4/c1-22-14(12-20-23-16-6-2-3-7-17(16)24-20)10-11-15(22)13-21-25-18-8-4-5-9-19(18)26-21/h10-13H,2-9H2,1H3. The highest BCUT2D eigenvalue weighted by atomic mass is 32.2. The van der Waals surface area contributed by atoms with Crippen molar-refractivity contribution in [3.63, 3.8) is 0 Å². The van der Waals surface area contributed by atoms with Gasteiger partial charge < -0.3 is 4.57 Å². The number of allylic oxidation sites excluding steroid dienone is 4. The normalized spacial score (nSPS) is 22.8. The fourth-order valence-corrected chi connectivity index (χ4v) is 9.43. The summed E-state index contributed by atoms with van der Waals surface area (Å²) in [7, 11) is 2.20. The van der Waals surface area contributed by atoms with E-state index >= 15 is 0 Å². The Hall–Kier alpha value is -0.360. The summed E-state index contributed by atoms with van der Waals surface area (Å²) in [6.45, 7) is 0. The topological polar surface area (TPSA) is 4.93 Å². The lowest BCUT2D eigenvalue weighted by Gasteiger charge is -2.10. The highest BCUT2D eigenvalue weighted by molar-refractivity contribution is 8.29. The third-order valence-corrected chi connectivity index (χ3v) is 10.7. The second-order valence-corrected chi connectivity index (χ2v) is 12.2. The molecule has 0 aromatic carbocycles. The molecule has 0 spiro atoms. The van der Waals surface area contributed by atoms with E-state index in [1.807, 2.05) is 47.0 Å². The second kappa shape index (κ2) is 7.57. The van der Waals surface area contributed by atoms with Crippen molar-refractivity contribution >= 4 is 59.2 Å². The maximum atomic E-state index is 2.38. The van der Waals surface area contributed by atoms with Gasteiger partial charge in [-0.1, -0.05) is 47.0 Å². The SMILES string of the molecule is Cn1c(C=C2SC3=C(CCCC3)S2)ccc1C=C1SC2=C(CCCC2)S1. The van der Waals surface area contributed by atoms with Crippen molar-refractivity contribution in [1.29, 1.82) is 0 Å². The van der Waals surface area contributed by atoms with Crippen molar-refractivity contribution in [2.45, 2.75) is 51.4 Å². The van der Waals surface area contributed by atoms with Crippen LogP contribution >= 0.6 is 47.0 Å². The molecule has 0 radical (unpaired) electrons. The lowest BCUT2D eigenvalue weighted by molar-refractivity contribution is 0.718. The Morgan fingerprint density at radius 3 is 1.35 bits per heavy atom. The van der Waals surface area contributed by atoms with Gasteiger partial charge in [-0.25, -0.2) is 0 Å². The Morgan fingerprint density at radius 2 is 1.00 bits per heavy atom. The van der Waals surface area contributed by atoms with E-state index in [2.05, 4.69) is 35.9 Å². The summed E-state index contributed by atoms with van der Waals surface area (Å²) in [5.41, 5.74) is 2.63. The molecule has 5 heteroatoms. The van der Waals surface area contributed by atoms with Gasteiger partial charge in [0.1, 0.15) is 0 Å². The van der Waals surface area contributed by atoms with Crippen molar-refractivity contribution in [2.75, 3.05) is 0 Å². The van der Waals surface area contributed by atoms with Gasteiger partial charge in [0, 0.05) is 38.1 Å². The summed E-state index contributed by atoms with van der Waals surface area (Å²) in [5, 5.41) is 0. The third kappa shape index (κ3) is 3.52. The van der Waals surface area contributed by atoms with Crippen molar-refractivity contribution in [3.8, 4) is 0 Å². The summed E-state index contributed by atoms with van der Waals surface area (Å²) < 4.78 is 5.26. The number of hydrogen-bond donors (Lipinski definition) is 0. The minimum absolute atomic E-state index is 1.29. The zero-order valence-corrected chi connectivity index (χ0v) is 18.3. The molecule has 0 atom stereocenters. The quantitative estimate of drug-likeness (QED) is 0.478. The average Bonchev–Trinajstić information content (AvgIpc) is 3.33. The van der Waals surface area contributed by atoms with Crippen LogP contribution in [0.15, 0.2) is 40.2 Å². The van der Waals surface area contributed by atoms with E-state index in [0.717, 1.165) is 0 Å². The Morgan fingerprint density at radius 1 is 0.654 bits per heavy atom. The number of thioether (sulfide) groups is 4. The summed E-state index contributed by atoms with van der Waals surface area (Å²) in [5.74, 6) is 0. The molecule has 26 heavy (non-hydrogen) atoms. The summed E-state index contributed by atoms with van der Waals surface area (Å²) in [4.78, 5) is 6.55. The monoisotopic (exact) mass is 417 g/mol. The van der Waals surface area contributed by atoms with E-state index in [1.54, 1.807) is 19.6 Å². The first kappa shape index (κ1) is 17.7. The zero-order chi connectivity index (χ0) is 17.5. The predicted octanol–water partition coefficient (Wildman–Crippen LogP) is 8.15. The summed E-state index contributed by atoms with van der Waals surface area (Å²) >= 11 is 8.06. The molecule has 0 N–H and O–H groups in total. The molecule has 4 aliphatic rings. The van der Waals surface area contributed by atoms with Crippen LogP contribution in [0.2, 0.25) is 0 Å². The van der Waals surface area contributed by atoms with Crippen LogP contribution in [-0.4, -0.2) is 4.57 Å². The number of aromatic nitrogens is 1. The minimum atomic E-state index is 1.29. The number of nitrogens with zero attached hydrogens (tertiary/aromatic N) is 1. The molecule has 0 fully saturated rings. The van der Waals surface area contributed by atoms with Gasteiger partial charge in [-0.05, 0) is 75.7 Å². The van der Waals surface area contributed by atoms with Crippen molar-refractivity contribution in [2.24, 2.45) is 7.05 Å². The molecule has 5 rings (SSSR count). The molecule has 0 saturated carbocycles. The number of rotatable bonds is 2. The lowest BCUT2D eigenvalue weighted by atomic mass is 10.1. The maximum Gasteiger partial charge on any atom is 0.0513 e. The molecule has 0 unspecified atom stereocenters. The molecule has 136 valence electrons. The molecule has 1 aromatic rings. The minimum Gasteiger partial charge on any atom is -0.345 e. The predicted molar refractivity (Wildman–Crippen MR) is 123 cm³/mol. The fraction of sp³-hybridized carbons (Fsp3) is 0.429. The van der Waals surface area contributed by atoms with Gasteiger partial charge in [0.15, 0.2) is 0 Å². The van der Waals surface area contributed by atoms with Crippen molar-refractivity contribution in [1.82, 2.24) is 4.57 Å². The fourth-order valence-electron chi connectivity index (χ4n) is 3.85. The lowest BCUT2D eigenvalue weighted by Crippen LogP contribution is -1.93. The van der Waals surface area contributed by atoms with Gasteiger partial charge >= 0.3 is 0 Å². The highest BCUT2D eigenvalue weighted by Crippen LogP contribution is 2.56. The molecule has 2 aliphatic heterocycles. The van der Waals surface area contributed by atoms with Gasteiger partial charge in [0.2, 0.25) is 0 Å². The molecule has 0 bridgehead atoms. The van der Waals surface area contributed by atoms with Gasteiger partial charge in [-0.2, -0.15) is 0 Å². The molecule has 0 saturated heterocycles. The molecule has 3 heterocycles. The Bertz CT molecular complexity index is 759. The Balaban J connectivity index is 1.32. The molecular weight excluding hydrogens is 395 g/mol. The van der Waals surface area contributed by atoms with E-state index in [0.29, 0.717) is 0 Å². The van der Waals surface area contributed by atoms with Crippen LogP contribution in [0, 0.1) is 0 Å². The molecule has 0 amide bonds. The molecule has 1 nitrogen and oxygen atoms in total. The molecule has 2 aliphatic carbocycles. The van der Waals surface area contributed by atoms with E-state index in [-0.39, 0.29) is 0 Å². The van der Waals surface area contributed by atoms with Crippen LogP contribution in [-0.2, 0) is 7.05 Å². The first-order valence-electron chi connectivity index (χ1n) is 9.51.